The number of morpholine rings is 1. The number of nitrogens with zero attached hydrogens (tertiary/aromatic N) is 1. The topological polar surface area (TPSA) is 76.1 Å². The molecule has 2 rings (SSSR count). The number of amides is 1. The van der Waals surface area contributed by atoms with Crippen molar-refractivity contribution in [1.29, 1.82) is 0 Å². The molecule has 1 aliphatic rings. The fraction of sp³-hybridized carbons (Fsp3) is 0.500. The van der Waals surface area contributed by atoms with Gasteiger partial charge in [0, 0.05) is 6.54 Å². The van der Waals surface area contributed by atoms with E-state index < -0.39 is 12.1 Å². The number of ether oxygens (including phenoxy) is 2. The highest BCUT2D eigenvalue weighted by Gasteiger charge is 2.29. The van der Waals surface area contributed by atoms with E-state index in [1.807, 2.05) is 18.2 Å². The van der Waals surface area contributed by atoms with E-state index in [-0.39, 0.29) is 25.7 Å². The van der Waals surface area contributed by atoms with E-state index in [1.54, 1.807) is 6.07 Å². The predicted octanol–water partition coefficient (Wildman–Crippen LogP) is 1.50. The van der Waals surface area contributed by atoms with Crippen LogP contribution in [0.3, 0.4) is 0 Å². The summed E-state index contributed by atoms with van der Waals surface area (Å²) in [6.45, 7) is 4.75. The molecule has 1 amide bonds. The number of hydrogen-bond donors (Lipinski definition) is 1. The molecular formula is C16H21NO5. The van der Waals surface area contributed by atoms with Crippen LogP contribution in [0, 0.1) is 0 Å². The van der Waals surface area contributed by atoms with Crippen LogP contribution in [-0.4, -0.2) is 54.3 Å². The molecule has 22 heavy (non-hydrogen) atoms. The van der Waals surface area contributed by atoms with Gasteiger partial charge in [0.2, 0.25) is 0 Å². The van der Waals surface area contributed by atoms with Gasteiger partial charge in [-0.05, 0) is 23.6 Å². The maximum absolute atomic E-state index is 12.1. The molecular weight excluding hydrogens is 286 g/mol. The normalized spacial score (nSPS) is 18.3. The van der Waals surface area contributed by atoms with E-state index in [0.717, 1.165) is 5.56 Å². The first-order chi connectivity index (χ1) is 10.5. The third-order valence-corrected chi connectivity index (χ3v) is 3.58. The van der Waals surface area contributed by atoms with Crippen LogP contribution in [0.1, 0.15) is 25.3 Å². The van der Waals surface area contributed by atoms with E-state index in [4.69, 9.17) is 14.6 Å². The number of aliphatic carboxylic acids is 1. The SMILES string of the molecule is CC(C)c1cccc(OCC(=O)N2CCOC(C(=O)O)C2)c1. The molecule has 1 atom stereocenters. The Balaban J connectivity index is 1.89. The fourth-order valence-electron chi connectivity index (χ4n) is 2.23. The van der Waals surface area contributed by atoms with Crippen LogP contribution in [0.15, 0.2) is 24.3 Å². The summed E-state index contributed by atoms with van der Waals surface area (Å²) < 4.78 is 10.6. The molecule has 6 heteroatoms. The quantitative estimate of drug-likeness (QED) is 0.892. The molecule has 0 aliphatic carbocycles. The van der Waals surface area contributed by atoms with Crippen molar-refractivity contribution in [2.24, 2.45) is 0 Å². The van der Waals surface area contributed by atoms with Gasteiger partial charge >= 0.3 is 5.97 Å². The molecule has 1 fully saturated rings. The fourth-order valence-corrected chi connectivity index (χ4v) is 2.23. The average molecular weight is 307 g/mol. The lowest BCUT2D eigenvalue weighted by atomic mass is 10.0. The molecule has 1 N–H and O–H groups in total. The van der Waals surface area contributed by atoms with Gasteiger partial charge in [-0.3, -0.25) is 4.79 Å². The van der Waals surface area contributed by atoms with E-state index in [0.29, 0.717) is 18.2 Å². The van der Waals surface area contributed by atoms with Gasteiger partial charge in [-0.1, -0.05) is 26.0 Å². The minimum Gasteiger partial charge on any atom is -0.484 e. The predicted molar refractivity (Wildman–Crippen MR) is 80.0 cm³/mol. The Bertz CT molecular complexity index is 543. The van der Waals surface area contributed by atoms with Crippen molar-refractivity contribution >= 4 is 11.9 Å². The molecule has 0 aromatic heterocycles. The Labute approximate surface area is 129 Å². The first-order valence-corrected chi connectivity index (χ1v) is 7.32. The summed E-state index contributed by atoms with van der Waals surface area (Å²) in [5, 5.41) is 8.93. The summed E-state index contributed by atoms with van der Waals surface area (Å²) >= 11 is 0. The van der Waals surface area contributed by atoms with Crippen molar-refractivity contribution in [3.63, 3.8) is 0 Å². The third-order valence-electron chi connectivity index (χ3n) is 3.58. The maximum atomic E-state index is 12.1. The zero-order valence-electron chi connectivity index (χ0n) is 12.8. The highest BCUT2D eigenvalue weighted by atomic mass is 16.5. The number of benzene rings is 1. The van der Waals surface area contributed by atoms with Crippen LogP contribution in [-0.2, 0) is 14.3 Å². The van der Waals surface area contributed by atoms with Gasteiger partial charge in [-0.15, -0.1) is 0 Å². The number of carboxylic acids is 1. The molecule has 1 aromatic rings. The lowest BCUT2D eigenvalue weighted by Gasteiger charge is -2.30. The van der Waals surface area contributed by atoms with Crippen molar-refractivity contribution in [2.75, 3.05) is 26.3 Å². The molecule has 0 radical (unpaired) electrons. The van der Waals surface area contributed by atoms with Gasteiger partial charge in [-0.2, -0.15) is 0 Å². The molecule has 0 bridgehead atoms. The molecule has 6 nitrogen and oxygen atoms in total. The standard InChI is InChI=1S/C16H21NO5/c1-11(2)12-4-3-5-13(8-12)22-10-15(18)17-6-7-21-14(9-17)16(19)20/h3-5,8,11,14H,6-7,9-10H2,1-2H3,(H,19,20). The molecule has 1 unspecified atom stereocenters. The van der Waals surface area contributed by atoms with Crippen molar-refractivity contribution < 1.29 is 24.2 Å². The number of carbonyl (C=O) groups excluding carboxylic acids is 1. The number of carboxylic acid groups (broad SMARTS) is 1. The monoisotopic (exact) mass is 307 g/mol. The Morgan fingerprint density at radius 1 is 1.45 bits per heavy atom. The van der Waals surface area contributed by atoms with Gasteiger partial charge in [0.15, 0.2) is 12.7 Å². The van der Waals surface area contributed by atoms with Crippen molar-refractivity contribution in [3.8, 4) is 5.75 Å². The Morgan fingerprint density at radius 2 is 2.23 bits per heavy atom. The average Bonchev–Trinajstić information content (AvgIpc) is 2.53. The van der Waals surface area contributed by atoms with Crippen LogP contribution in [0.5, 0.6) is 5.75 Å². The number of hydrogen-bond acceptors (Lipinski definition) is 4. The van der Waals surface area contributed by atoms with Crippen molar-refractivity contribution in [3.05, 3.63) is 29.8 Å². The minimum absolute atomic E-state index is 0.0591. The van der Waals surface area contributed by atoms with Gasteiger partial charge in [0.1, 0.15) is 5.75 Å². The summed E-state index contributed by atoms with van der Waals surface area (Å²) in [4.78, 5) is 24.5. The van der Waals surface area contributed by atoms with Crippen LogP contribution >= 0.6 is 0 Å². The second kappa shape index (κ2) is 7.26. The summed E-state index contributed by atoms with van der Waals surface area (Å²) in [5.74, 6) is -0.259. The van der Waals surface area contributed by atoms with Crippen LogP contribution in [0.2, 0.25) is 0 Å². The minimum atomic E-state index is -1.05. The summed E-state index contributed by atoms with van der Waals surface area (Å²) in [6, 6.07) is 7.62. The second-order valence-corrected chi connectivity index (χ2v) is 5.55. The number of carbonyl (C=O) groups is 2. The van der Waals surface area contributed by atoms with Gasteiger partial charge in [0.05, 0.1) is 13.2 Å². The van der Waals surface area contributed by atoms with Gasteiger partial charge in [0.25, 0.3) is 5.91 Å². The molecule has 1 aliphatic heterocycles. The van der Waals surface area contributed by atoms with Crippen molar-refractivity contribution in [1.82, 2.24) is 4.90 Å². The van der Waals surface area contributed by atoms with E-state index in [2.05, 4.69) is 13.8 Å². The lowest BCUT2D eigenvalue weighted by Crippen LogP contribution is -2.49. The Kier molecular flexibility index (Phi) is 5.38. The van der Waals surface area contributed by atoms with Gasteiger partial charge < -0.3 is 19.5 Å². The summed E-state index contributed by atoms with van der Waals surface area (Å²) in [6.07, 6.45) is -0.957. The summed E-state index contributed by atoms with van der Waals surface area (Å²) in [5.41, 5.74) is 1.14. The molecule has 1 aromatic carbocycles. The van der Waals surface area contributed by atoms with Crippen LogP contribution < -0.4 is 4.74 Å². The zero-order valence-corrected chi connectivity index (χ0v) is 12.8. The summed E-state index contributed by atoms with van der Waals surface area (Å²) in [7, 11) is 0. The molecule has 120 valence electrons. The van der Waals surface area contributed by atoms with Crippen LogP contribution in [0.4, 0.5) is 0 Å². The molecule has 0 spiro atoms. The van der Waals surface area contributed by atoms with E-state index >= 15 is 0 Å². The maximum Gasteiger partial charge on any atom is 0.334 e. The lowest BCUT2D eigenvalue weighted by molar-refractivity contribution is -0.159. The van der Waals surface area contributed by atoms with E-state index in [9.17, 15) is 9.59 Å². The molecule has 0 saturated carbocycles. The third kappa shape index (κ3) is 4.21. The zero-order chi connectivity index (χ0) is 16.1. The molecule has 1 saturated heterocycles. The van der Waals surface area contributed by atoms with Crippen molar-refractivity contribution in [2.45, 2.75) is 25.9 Å². The first-order valence-electron chi connectivity index (χ1n) is 7.32. The second-order valence-electron chi connectivity index (χ2n) is 5.55. The largest absolute Gasteiger partial charge is 0.484 e. The van der Waals surface area contributed by atoms with Gasteiger partial charge in [-0.25, -0.2) is 4.79 Å². The number of rotatable bonds is 5. The van der Waals surface area contributed by atoms with E-state index in [1.165, 1.54) is 4.90 Å². The first kappa shape index (κ1) is 16.3. The van der Waals surface area contributed by atoms with Crippen LogP contribution in [0.25, 0.3) is 0 Å². The highest BCUT2D eigenvalue weighted by molar-refractivity contribution is 5.79. The Morgan fingerprint density at radius 3 is 2.91 bits per heavy atom. The smallest absolute Gasteiger partial charge is 0.334 e. The highest BCUT2D eigenvalue weighted by Crippen LogP contribution is 2.20. The molecule has 1 heterocycles. The Hall–Kier alpha value is -2.08.